The van der Waals surface area contributed by atoms with Crippen molar-refractivity contribution < 1.29 is 9.90 Å². The Morgan fingerprint density at radius 3 is 2.17 bits per heavy atom. The zero-order valence-electron chi connectivity index (χ0n) is 6.82. The highest BCUT2D eigenvalue weighted by atomic mass is 16.3. The summed E-state index contributed by atoms with van der Waals surface area (Å²) in [6.45, 7) is -0.250. The van der Waals surface area contributed by atoms with Crippen molar-refractivity contribution in [3.63, 3.8) is 0 Å². The van der Waals surface area contributed by atoms with Gasteiger partial charge in [-0.05, 0) is 24.3 Å². The van der Waals surface area contributed by atoms with Crippen molar-refractivity contribution in [3.8, 4) is 0 Å². The lowest BCUT2D eigenvalue weighted by Crippen LogP contribution is -1.88. The molecule has 12 heavy (non-hydrogen) atoms. The van der Waals surface area contributed by atoms with Gasteiger partial charge in [-0.15, -0.1) is 0 Å². The first-order chi connectivity index (χ1) is 5.74. The summed E-state index contributed by atoms with van der Waals surface area (Å²) in [7, 11) is 1.88. The van der Waals surface area contributed by atoms with Crippen LogP contribution in [0.5, 0.6) is 0 Å². The molecule has 1 aromatic carbocycles. The second-order valence-electron chi connectivity index (χ2n) is 1.98. The molecule has 66 valence electrons. The Balaban J connectivity index is 0.000000354. The molecule has 0 bridgehead atoms. The van der Waals surface area contributed by atoms with E-state index in [4.69, 9.17) is 15.6 Å². The zero-order chi connectivity index (χ0) is 9.40. The number of hydrogen-bond donors (Lipinski definition) is 3. The van der Waals surface area contributed by atoms with Crippen LogP contribution in [0.15, 0.2) is 24.3 Å². The molecule has 1 rings (SSSR count). The molecule has 0 aliphatic carbocycles. The summed E-state index contributed by atoms with van der Waals surface area (Å²) >= 11 is 0. The molecule has 4 N–H and O–H groups in total. The second-order valence-corrected chi connectivity index (χ2v) is 1.98. The SMILES string of the molecule is CNc1ccc(N)cc1.O=CO. The first-order valence-electron chi connectivity index (χ1n) is 3.35. The van der Waals surface area contributed by atoms with Gasteiger partial charge in [0.1, 0.15) is 0 Å². The molecule has 0 heterocycles. The van der Waals surface area contributed by atoms with Crippen LogP contribution in [0, 0.1) is 0 Å². The van der Waals surface area contributed by atoms with E-state index in [1.54, 1.807) is 0 Å². The molecule has 0 radical (unpaired) electrons. The second kappa shape index (κ2) is 6.03. The summed E-state index contributed by atoms with van der Waals surface area (Å²) in [5, 5.41) is 9.89. The summed E-state index contributed by atoms with van der Waals surface area (Å²) in [4.78, 5) is 8.36. The van der Waals surface area contributed by atoms with E-state index in [0.29, 0.717) is 0 Å². The van der Waals surface area contributed by atoms with Crippen molar-refractivity contribution in [2.75, 3.05) is 18.1 Å². The molecule has 0 saturated heterocycles. The maximum atomic E-state index is 8.36. The van der Waals surface area contributed by atoms with E-state index in [1.807, 2.05) is 31.3 Å². The van der Waals surface area contributed by atoms with Crippen molar-refractivity contribution in [2.45, 2.75) is 0 Å². The number of carbonyl (C=O) groups is 1. The smallest absolute Gasteiger partial charge is 0.290 e. The van der Waals surface area contributed by atoms with E-state index in [1.165, 1.54) is 0 Å². The highest BCUT2D eigenvalue weighted by Crippen LogP contribution is 2.08. The molecule has 0 amide bonds. The van der Waals surface area contributed by atoms with Crippen molar-refractivity contribution in [3.05, 3.63) is 24.3 Å². The molecule has 0 spiro atoms. The van der Waals surface area contributed by atoms with Crippen molar-refractivity contribution >= 4 is 17.8 Å². The summed E-state index contributed by atoms with van der Waals surface area (Å²) in [6.07, 6.45) is 0. The molecule has 0 aromatic heterocycles. The van der Waals surface area contributed by atoms with Gasteiger partial charge in [0.25, 0.3) is 6.47 Å². The monoisotopic (exact) mass is 168 g/mol. The molecule has 1 aromatic rings. The fourth-order valence-corrected chi connectivity index (χ4v) is 0.650. The Hall–Kier alpha value is -1.71. The maximum Gasteiger partial charge on any atom is 0.290 e. The van der Waals surface area contributed by atoms with Crippen LogP contribution in [0.3, 0.4) is 0 Å². The van der Waals surface area contributed by atoms with Gasteiger partial charge in [0.05, 0.1) is 0 Å². The number of nitrogens with two attached hydrogens (primary N) is 1. The summed E-state index contributed by atoms with van der Waals surface area (Å²) in [6, 6.07) is 7.61. The van der Waals surface area contributed by atoms with E-state index < -0.39 is 0 Å². The lowest BCUT2D eigenvalue weighted by atomic mass is 10.3. The maximum absolute atomic E-state index is 8.36. The van der Waals surface area contributed by atoms with Crippen molar-refractivity contribution in [1.82, 2.24) is 0 Å². The molecule has 0 fully saturated rings. The largest absolute Gasteiger partial charge is 0.483 e. The standard InChI is InChI=1S/C7H10N2.CH2O2/c1-9-7-4-2-6(8)3-5-7;2-1-3/h2-5,9H,8H2,1H3;1H,(H,2,3). The van der Waals surface area contributed by atoms with Crippen LogP contribution in [0.25, 0.3) is 0 Å². The molecule has 0 aliphatic heterocycles. The normalized spacial score (nSPS) is 7.75. The van der Waals surface area contributed by atoms with E-state index in [2.05, 4.69) is 5.32 Å². The molecule has 0 aliphatic rings. The van der Waals surface area contributed by atoms with Gasteiger partial charge in [0, 0.05) is 18.4 Å². The number of rotatable bonds is 1. The van der Waals surface area contributed by atoms with Crippen LogP contribution in [-0.2, 0) is 4.79 Å². The van der Waals surface area contributed by atoms with Gasteiger partial charge >= 0.3 is 0 Å². The van der Waals surface area contributed by atoms with E-state index in [9.17, 15) is 0 Å². The molecular formula is C8H12N2O2. The van der Waals surface area contributed by atoms with Gasteiger partial charge in [-0.3, -0.25) is 4.79 Å². The molecule has 0 unspecified atom stereocenters. The number of carboxylic acid groups (broad SMARTS) is 1. The first kappa shape index (κ1) is 10.3. The van der Waals surface area contributed by atoms with Gasteiger partial charge < -0.3 is 16.2 Å². The zero-order valence-corrected chi connectivity index (χ0v) is 6.82. The summed E-state index contributed by atoms with van der Waals surface area (Å²) in [5.41, 5.74) is 7.34. The third-order valence-electron chi connectivity index (χ3n) is 1.20. The van der Waals surface area contributed by atoms with Crippen molar-refractivity contribution in [1.29, 1.82) is 0 Å². The Labute approximate surface area is 71.0 Å². The third-order valence-corrected chi connectivity index (χ3v) is 1.20. The molecular weight excluding hydrogens is 156 g/mol. The Morgan fingerprint density at radius 1 is 1.42 bits per heavy atom. The topological polar surface area (TPSA) is 75.3 Å². The minimum atomic E-state index is -0.250. The van der Waals surface area contributed by atoms with Crippen LogP contribution in [-0.4, -0.2) is 18.6 Å². The minimum absolute atomic E-state index is 0.250. The van der Waals surface area contributed by atoms with Crippen LogP contribution in [0.1, 0.15) is 0 Å². The lowest BCUT2D eigenvalue weighted by molar-refractivity contribution is -0.122. The highest BCUT2D eigenvalue weighted by Gasteiger charge is 1.84. The van der Waals surface area contributed by atoms with E-state index in [-0.39, 0.29) is 6.47 Å². The average molecular weight is 168 g/mol. The average Bonchev–Trinajstić information content (AvgIpc) is 2.07. The fourth-order valence-electron chi connectivity index (χ4n) is 0.650. The predicted molar refractivity (Wildman–Crippen MR) is 49.1 cm³/mol. The van der Waals surface area contributed by atoms with Gasteiger partial charge in [-0.2, -0.15) is 0 Å². The van der Waals surface area contributed by atoms with Gasteiger partial charge in [0.2, 0.25) is 0 Å². The number of nitrogens with one attached hydrogen (secondary N) is 1. The summed E-state index contributed by atoms with van der Waals surface area (Å²) < 4.78 is 0. The first-order valence-corrected chi connectivity index (χ1v) is 3.35. The minimum Gasteiger partial charge on any atom is -0.483 e. The number of hydrogen-bond acceptors (Lipinski definition) is 3. The highest BCUT2D eigenvalue weighted by molar-refractivity contribution is 5.50. The number of nitrogen functional groups attached to an aromatic ring is 1. The fraction of sp³-hybridized carbons (Fsp3) is 0.125. The van der Waals surface area contributed by atoms with Gasteiger partial charge in [-0.1, -0.05) is 0 Å². The Kier molecular flexibility index (Phi) is 5.17. The molecule has 0 atom stereocenters. The van der Waals surface area contributed by atoms with Crippen LogP contribution in [0.2, 0.25) is 0 Å². The predicted octanol–water partition coefficient (Wildman–Crippen LogP) is 1.01. The van der Waals surface area contributed by atoms with E-state index >= 15 is 0 Å². The quantitative estimate of drug-likeness (QED) is 0.432. The van der Waals surface area contributed by atoms with Crippen LogP contribution >= 0.6 is 0 Å². The van der Waals surface area contributed by atoms with Crippen LogP contribution in [0.4, 0.5) is 11.4 Å². The van der Waals surface area contributed by atoms with Crippen molar-refractivity contribution in [2.24, 2.45) is 0 Å². The van der Waals surface area contributed by atoms with E-state index in [0.717, 1.165) is 11.4 Å². The summed E-state index contributed by atoms with van der Waals surface area (Å²) in [5.74, 6) is 0. The molecule has 0 saturated carbocycles. The third kappa shape index (κ3) is 4.16. The number of anilines is 2. The number of benzene rings is 1. The Morgan fingerprint density at radius 2 is 1.83 bits per heavy atom. The van der Waals surface area contributed by atoms with Gasteiger partial charge in [0.15, 0.2) is 0 Å². The molecule has 4 heteroatoms. The van der Waals surface area contributed by atoms with Crippen LogP contribution < -0.4 is 11.1 Å². The van der Waals surface area contributed by atoms with Gasteiger partial charge in [-0.25, -0.2) is 0 Å². The lowest BCUT2D eigenvalue weighted by Gasteiger charge is -1.97. The molecule has 4 nitrogen and oxygen atoms in total. The Bertz CT molecular complexity index is 221.